The monoisotopic (exact) mass is 535 g/mol. The number of fused-ring (bicyclic) bond motifs is 3. The summed E-state index contributed by atoms with van der Waals surface area (Å²) in [5.41, 5.74) is 3.15. The van der Waals surface area contributed by atoms with Gasteiger partial charge in [0.15, 0.2) is 5.82 Å². The molecule has 2 aromatic carbocycles. The zero-order valence-corrected chi connectivity index (χ0v) is 22.5. The van der Waals surface area contributed by atoms with Crippen LogP contribution in [0.25, 0.3) is 33.4 Å². The summed E-state index contributed by atoms with van der Waals surface area (Å²) in [6.07, 6.45) is 2.40. The highest BCUT2D eigenvalue weighted by molar-refractivity contribution is 7.89. The number of methoxy groups -OCH3 is 1. The summed E-state index contributed by atoms with van der Waals surface area (Å²) >= 11 is 0. The highest BCUT2D eigenvalue weighted by Gasteiger charge is 2.22. The van der Waals surface area contributed by atoms with Crippen LogP contribution in [-0.4, -0.2) is 53.0 Å². The number of nitrogens with one attached hydrogen (secondary N) is 1. The third kappa shape index (κ3) is 4.64. The van der Waals surface area contributed by atoms with Crippen molar-refractivity contribution in [2.24, 2.45) is 0 Å². The van der Waals surface area contributed by atoms with Crippen LogP contribution in [0.4, 0.5) is 0 Å². The topological polar surface area (TPSA) is 123 Å². The molecule has 11 heteroatoms. The molecule has 0 radical (unpaired) electrons. The molecule has 3 aromatic heterocycles. The predicted octanol–water partition coefficient (Wildman–Crippen LogP) is 5.30. The van der Waals surface area contributed by atoms with Crippen molar-refractivity contribution in [1.29, 1.82) is 0 Å². The van der Waals surface area contributed by atoms with Crippen LogP contribution in [-0.2, 0) is 27.8 Å². The molecule has 0 spiro atoms. The largest absolute Gasteiger partial charge is 0.457 e. The molecule has 0 aliphatic heterocycles. The number of benzene rings is 2. The van der Waals surface area contributed by atoms with Crippen LogP contribution in [0.3, 0.4) is 0 Å². The first kappa shape index (κ1) is 25.8. The third-order valence-corrected chi connectivity index (χ3v) is 8.45. The van der Waals surface area contributed by atoms with Gasteiger partial charge in [-0.1, -0.05) is 25.9 Å². The van der Waals surface area contributed by atoms with Crippen LogP contribution >= 0.6 is 0 Å². The fraction of sp³-hybridized carbons (Fsp3) is 0.296. The lowest BCUT2D eigenvalue weighted by Gasteiger charge is -2.18. The summed E-state index contributed by atoms with van der Waals surface area (Å²) in [7, 11) is -1.91. The van der Waals surface area contributed by atoms with E-state index in [0.717, 1.165) is 27.4 Å². The Bertz CT molecular complexity index is 1690. The Morgan fingerprint density at radius 3 is 2.39 bits per heavy atom. The molecule has 5 aromatic rings. The van der Waals surface area contributed by atoms with Crippen LogP contribution in [0.1, 0.15) is 32.2 Å². The van der Waals surface area contributed by atoms with Gasteiger partial charge in [-0.15, -0.1) is 0 Å². The molecule has 0 atom stereocenters. The highest BCUT2D eigenvalue weighted by atomic mass is 32.2. The summed E-state index contributed by atoms with van der Waals surface area (Å²) in [4.78, 5) is 12.7. The number of aromatic nitrogens is 4. The van der Waals surface area contributed by atoms with Crippen LogP contribution in [0, 0.1) is 0 Å². The van der Waals surface area contributed by atoms with Gasteiger partial charge in [0, 0.05) is 48.5 Å². The summed E-state index contributed by atoms with van der Waals surface area (Å²) in [6.45, 7) is 6.72. The second kappa shape index (κ2) is 10.5. The van der Waals surface area contributed by atoms with E-state index in [-0.39, 0.29) is 4.90 Å². The molecule has 0 saturated carbocycles. The minimum Gasteiger partial charge on any atom is -0.457 e. The number of aromatic amines is 1. The molecule has 0 saturated heterocycles. The molecule has 0 unspecified atom stereocenters. The second-order valence-electron chi connectivity index (χ2n) is 8.67. The molecule has 0 bridgehead atoms. The number of hydrogen-bond acceptors (Lipinski definition) is 8. The van der Waals surface area contributed by atoms with Gasteiger partial charge in [0.1, 0.15) is 17.2 Å². The lowest BCUT2D eigenvalue weighted by Crippen LogP contribution is -2.30. The van der Waals surface area contributed by atoms with E-state index in [1.807, 2.05) is 39.0 Å². The van der Waals surface area contributed by atoms with Crippen LogP contribution in [0.5, 0.6) is 11.5 Å². The fourth-order valence-electron chi connectivity index (χ4n) is 4.49. The van der Waals surface area contributed by atoms with Gasteiger partial charge >= 0.3 is 0 Å². The van der Waals surface area contributed by atoms with Crippen LogP contribution in [0.2, 0.25) is 0 Å². The quantitative estimate of drug-likeness (QED) is 0.256. The van der Waals surface area contributed by atoms with E-state index >= 15 is 0 Å². The van der Waals surface area contributed by atoms with Gasteiger partial charge in [-0.25, -0.2) is 13.4 Å². The third-order valence-electron chi connectivity index (χ3n) is 6.39. The zero-order valence-electron chi connectivity index (χ0n) is 21.7. The van der Waals surface area contributed by atoms with Crippen molar-refractivity contribution in [3.63, 3.8) is 0 Å². The average molecular weight is 536 g/mol. The molecule has 10 nitrogen and oxygen atoms in total. The summed E-state index contributed by atoms with van der Waals surface area (Å²) < 4.78 is 44.1. The lowest BCUT2D eigenvalue weighted by molar-refractivity contribution is 0.186. The van der Waals surface area contributed by atoms with Gasteiger partial charge in [-0.3, -0.25) is 0 Å². The number of aryl methyl sites for hydroxylation is 1. The molecular formula is C27H29N5O5S. The predicted molar refractivity (Wildman–Crippen MR) is 144 cm³/mol. The smallest absolute Gasteiger partial charge is 0.276 e. The van der Waals surface area contributed by atoms with Gasteiger partial charge in [0.2, 0.25) is 10.0 Å². The first-order valence-corrected chi connectivity index (χ1v) is 13.9. The van der Waals surface area contributed by atoms with Crippen LogP contribution in [0.15, 0.2) is 58.1 Å². The Balaban J connectivity index is 1.53. The Kier molecular flexibility index (Phi) is 7.15. The maximum absolute atomic E-state index is 12.8. The Morgan fingerprint density at radius 2 is 1.74 bits per heavy atom. The molecular weight excluding hydrogens is 506 g/mol. The number of sulfonamides is 1. The van der Waals surface area contributed by atoms with E-state index in [9.17, 15) is 8.42 Å². The van der Waals surface area contributed by atoms with E-state index in [2.05, 4.69) is 20.1 Å². The molecule has 0 amide bonds. The lowest BCUT2D eigenvalue weighted by atomic mass is 10.1. The van der Waals surface area contributed by atoms with Crippen LogP contribution < -0.4 is 4.74 Å². The SMILES string of the molecule is CCc1noc(-c2ncc3[nH]c4ccc(Oc5ccc(S(=O)(=O)N(CC)CC)cc5)cc4c3c2COC)n1. The van der Waals surface area contributed by atoms with Crippen molar-refractivity contribution in [3.8, 4) is 23.1 Å². The van der Waals surface area contributed by atoms with Crippen molar-refractivity contribution in [1.82, 2.24) is 24.4 Å². The highest BCUT2D eigenvalue weighted by Crippen LogP contribution is 2.36. The van der Waals surface area contributed by atoms with Crippen molar-refractivity contribution in [3.05, 3.63) is 60.0 Å². The van der Waals surface area contributed by atoms with Crippen molar-refractivity contribution in [2.75, 3.05) is 20.2 Å². The van der Waals surface area contributed by atoms with Gasteiger partial charge < -0.3 is 19.0 Å². The Hall–Kier alpha value is -3.80. The normalized spacial score (nSPS) is 12.1. The number of pyridine rings is 1. The van der Waals surface area contributed by atoms with Gasteiger partial charge in [-0.05, 0) is 42.5 Å². The van der Waals surface area contributed by atoms with E-state index in [0.29, 0.717) is 55.0 Å². The Morgan fingerprint density at radius 1 is 1.00 bits per heavy atom. The number of H-pyrrole nitrogens is 1. The van der Waals surface area contributed by atoms with Crippen molar-refractivity contribution >= 4 is 31.8 Å². The second-order valence-corrected chi connectivity index (χ2v) is 10.6. The number of hydrogen-bond donors (Lipinski definition) is 1. The van der Waals surface area contributed by atoms with E-state index in [1.165, 1.54) is 4.31 Å². The minimum absolute atomic E-state index is 0.233. The molecule has 0 aliphatic rings. The first-order valence-electron chi connectivity index (χ1n) is 12.4. The van der Waals surface area contributed by atoms with Gasteiger partial charge in [-0.2, -0.15) is 9.29 Å². The summed E-state index contributed by atoms with van der Waals surface area (Å²) in [6, 6.07) is 12.2. The molecule has 198 valence electrons. The van der Waals surface area contributed by atoms with Crippen molar-refractivity contribution in [2.45, 2.75) is 38.7 Å². The standard InChI is InChI=1S/C27H29N5O5S/c1-5-24-30-27(37-31-24)26-21(16-35-4)25-20-14-18(10-13-22(20)29-23(25)15-28-26)36-17-8-11-19(12-9-17)38(33,34)32(6-2)7-3/h8-15,29H,5-7,16H2,1-4H3. The summed E-state index contributed by atoms with van der Waals surface area (Å²) in [5.74, 6) is 2.08. The molecule has 5 rings (SSSR count). The molecule has 0 aliphatic carbocycles. The zero-order chi connectivity index (χ0) is 26.9. The maximum atomic E-state index is 12.8. The number of rotatable bonds is 10. The van der Waals surface area contributed by atoms with E-state index in [1.54, 1.807) is 37.6 Å². The molecule has 1 N–H and O–H groups in total. The molecule has 3 heterocycles. The fourth-order valence-corrected chi connectivity index (χ4v) is 5.95. The number of nitrogens with zero attached hydrogens (tertiary/aromatic N) is 4. The van der Waals surface area contributed by atoms with Crippen molar-refractivity contribution < 1.29 is 22.4 Å². The van der Waals surface area contributed by atoms with Gasteiger partial charge in [0.05, 0.1) is 23.2 Å². The molecule has 38 heavy (non-hydrogen) atoms. The molecule has 0 fully saturated rings. The maximum Gasteiger partial charge on any atom is 0.276 e. The minimum atomic E-state index is -3.54. The number of ether oxygens (including phenoxy) is 2. The average Bonchev–Trinajstić information content (AvgIpc) is 3.54. The summed E-state index contributed by atoms with van der Waals surface area (Å²) in [5, 5.41) is 5.85. The Labute approximate surface area is 220 Å². The van der Waals surface area contributed by atoms with E-state index < -0.39 is 10.0 Å². The van der Waals surface area contributed by atoms with Gasteiger partial charge in [0.25, 0.3) is 5.89 Å². The van der Waals surface area contributed by atoms with E-state index in [4.69, 9.17) is 14.0 Å². The first-order chi connectivity index (χ1) is 18.4.